The summed E-state index contributed by atoms with van der Waals surface area (Å²) in [4.78, 5) is 0. The Balaban J connectivity index is 2.03. The Hall–Kier alpha value is -0.603. The maximum Gasteiger partial charge on any atom is 0.190 e. The minimum Gasteiger partial charge on any atom is -0.417 e. The lowest BCUT2D eigenvalue weighted by Gasteiger charge is -2.23. The van der Waals surface area contributed by atoms with E-state index >= 15 is 0 Å². The molecule has 0 saturated carbocycles. The first-order valence-corrected chi connectivity index (χ1v) is 11.9. The van der Waals surface area contributed by atoms with Crippen LogP contribution in [0.2, 0.25) is 13.1 Å². The van der Waals surface area contributed by atoms with Crippen LogP contribution in [0.1, 0.15) is 63.9 Å². The lowest BCUT2D eigenvalue weighted by molar-refractivity contribution is 0.293. The van der Waals surface area contributed by atoms with Gasteiger partial charge < -0.3 is 4.43 Å². The third-order valence-corrected chi connectivity index (χ3v) is 6.21. The molecule has 0 N–H and O–H groups in total. The lowest BCUT2D eigenvalue weighted by atomic mass is 10.1. The van der Waals surface area contributed by atoms with Gasteiger partial charge in [0.05, 0.1) is 0 Å². The molecule has 2 heteroatoms. The fraction of sp³-hybridized carbons (Fsp3) is 0.684. The van der Waals surface area contributed by atoms with E-state index in [1.165, 1.54) is 56.9 Å². The second-order valence-electron chi connectivity index (χ2n) is 6.75. The number of rotatable bonds is 12. The lowest BCUT2D eigenvalue weighted by Crippen LogP contribution is -2.34. The fourth-order valence-corrected chi connectivity index (χ4v) is 4.74. The van der Waals surface area contributed by atoms with Crippen LogP contribution >= 0.6 is 0 Å². The minimum absolute atomic E-state index is 0.959. The van der Waals surface area contributed by atoms with Crippen LogP contribution in [0.3, 0.4) is 0 Å². The van der Waals surface area contributed by atoms with E-state index in [-0.39, 0.29) is 0 Å². The second-order valence-corrected chi connectivity index (χ2v) is 10.9. The molecule has 21 heavy (non-hydrogen) atoms. The molecule has 0 heterocycles. The van der Waals surface area contributed by atoms with E-state index < -0.39 is 8.32 Å². The van der Waals surface area contributed by atoms with Gasteiger partial charge in [0.25, 0.3) is 0 Å². The molecule has 0 radical (unpaired) electrons. The second kappa shape index (κ2) is 11.0. The summed E-state index contributed by atoms with van der Waals surface area (Å²) >= 11 is 0. The molecule has 0 saturated heterocycles. The number of benzene rings is 1. The summed E-state index contributed by atoms with van der Waals surface area (Å²) in [6.07, 6.45) is 10.9. The summed E-state index contributed by atoms with van der Waals surface area (Å²) in [5.41, 5.74) is 1.42. The Kier molecular flexibility index (Phi) is 9.69. The van der Waals surface area contributed by atoms with Gasteiger partial charge in [-0.25, -0.2) is 0 Å². The van der Waals surface area contributed by atoms with Crippen molar-refractivity contribution in [1.29, 1.82) is 0 Å². The van der Waals surface area contributed by atoms with E-state index in [0.717, 1.165) is 12.7 Å². The third-order valence-electron chi connectivity index (χ3n) is 3.96. The maximum atomic E-state index is 6.22. The molecular formula is C19H34OSi. The van der Waals surface area contributed by atoms with Crippen LogP contribution in [0.4, 0.5) is 0 Å². The zero-order valence-electron chi connectivity index (χ0n) is 14.4. The van der Waals surface area contributed by atoms with Crippen molar-refractivity contribution in [3.63, 3.8) is 0 Å². The summed E-state index contributed by atoms with van der Waals surface area (Å²) < 4.78 is 6.22. The molecule has 0 aromatic heterocycles. The topological polar surface area (TPSA) is 9.23 Å². The molecule has 0 atom stereocenters. The van der Waals surface area contributed by atoms with E-state index in [1.54, 1.807) is 0 Å². The monoisotopic (exact) mass is 306 g/mol. The highest BCUT2D eigenvalue weighted by atomic mass is 28.4. The van der Waals surface area contributed by atoms with Gasteiger partial charge in [0.1, 0.15) is 0 Å². The van der Waals surface area contributed by atoms with Crippen LogP contribution < -0.4 is 0 Å². The van der Waals surface area contributed by atoms with Gasteiger partial charge in [0, 0.05) is 6.61 Å². The molecule has 0 aliphatic heterocycles. The molecule has 0 fully saturated rings. The van der Waals surface area contributed by atoms with Gasteiger partial charge in [0.15, 0.2) is 8.32 Å². The van der Waals surface area contributed by atoms with Crippen LogP contribution in [0.15, 0.2) is 30.3 Å². The highest BCUT2D eigenvalue weighted by Gasteiger charge is 2.22. The molecule has 0 bridgehead atoms. The van der Waals surface area contributed by atoms with Gasteiger partial charge in [-0.15, -0.1) is 0 Å². The molecule has 1 aromatic rings. The van der Waals surface area contributed by atoms with Gasteiger partial charge in [-0.05, 0) is 31.1 Å². The first-order chi connectivity index (χ1) is 10.1. The summed E-state index contributed by atoms with van der Waals surface area (Å²) in [5.74, 6) is 0. The number of unbranched alkanes of at least 4 members (excludes halogenated alkanes) is 7. The van der Waals surface area contributed by atoms with E-state index in [0.29, 0.717) is 0 Å². The highest BCUT2D eigenvalue weighted by molar-refractivity contribution is 6.70. The van der Waals surface area contributed by atoms with Crippen LogP contribution in [0, 0.1) is 0 Å². The average molecular weight is 307 g/mol. The molecule has 0 spiro atoms. The summed E-state index contributed by atoms with van der Waals surface area (Å²) in [6.45, 7) is 7.91. The van der Waals surface area contributed by atoms with Gasteiger partial charge >= 0.3 is 0 Å². The predicted molar refractivity (Wildman–Crippen MR) is 96.2 cm³/mol. The molecule has 0 amide bonds. The van der Waals surface area contributed by atoms with Crippen molar-refractivity contribution in [1.82, 2.24) is 0 Å². The van der Waals surface area contributed by atoms with Crippen molar-refractivity contribution < 1.29 is 4.43 Å². The number of hydrogen-bond donors (Lipinski definition) is 0. The van der Waals surface area contributed by atoms with E-state index in [4.69, 9.17) is 4.43 Å². The third kappa shape index (κ3) is 9.86. The van der Waals surface area contributed by atoms with Crippen molar-refractivity contribution in [2.45, 2.75) is 77.4 Å². The van der Waals surface area contributed by atoms with Crippen LogP contribution in [0.25, 0.3) is 0 Å². The molecule has 0 aliphatic rings. The van der Waals surface area contributed by atoms with E-state index in [9.17, 15) is 0 Å². The molecule has 0 aliphatic carbocycles. The zero-order valence-corrected chi connectivity index (χ0v) is 15.4. The summed E-state index contributed by atoms with van der Waals surface area (Å²) in [5, 5.41) is 0. The maximum absolute atomic E-state index is 6.22. The quantitative estimate of drug-likeness (QED) is 0.333. The molecular weight excluding hydrogens is 272 g/mol. The molecule has 0 unspecified atom stereocenters. The smallest absolute Gasteiger partial charge is 0.190 e. The first kappa shape index (κ1) is 18.4. The zero-order chi connectivity index (χ0) is 15.4. The van der Waals surface area contributed by atoms with Crippen molar-refractivity contribution in [3.05, 3.63) is 35.9 Å². The largest absolute Gasteiger partial charge is 0.417 e. The SMILES string of the molecule is CCCCCCCCCCO[Si](C)(C)Cc1ccccc1. The molecule has 120 valence electrons. The highest BCUT2D eigenvalue weighted by Crippen LogP contribution is 2.14. The first-order valence-electron chi connectivity index (χ1n) is 8.82. The Morgan fingerprint density at radius 1 is 0.810 bits per heavy atom. The van der Waals surface area contributed by atoms with Gasteiger partial charge in [-0.2, -0.15) is 0 Å². The fourth-order valence-electron chi connectivity index (χ4n) is 2.72. The van der Waals surface area contributed by atoms with Crippen LogP contribution in [0.5, 0.6) is 0 Å². The summed E-state index contributed by atoms with van der Waals surface area (Å²) in [7, 11) is -1.53. The van der Waals surface area contributed by atoms with Crippen molar-refractivity contribution >= 4 is 8.32 Å². The number of hydrogen-bond acceptors (Lipinski definition) is 1. The van der Waals surface area contributed by atoms with Crippen LogP contribution in [-0.4, -0.2) is 14.9 Å². The Labute approximate surface area is 133 Å². The van der Waals surface area contributed by atoms with Crippen LogP contribution in [-0.2, 0) is 10.5 Å². The summed E-state index contributed by atoms with van der Waals surface area (Å²) in [6, 6.07) is 11.9. The van der Waals surface area contributed by atoms with Gasteiger partial charge in [-0.3, -0.25) is 0 Å². The van der Waals surface area contributed by atoms with Crippen molar-refractivity contribution in [2.24, 2.45) is 0 Å². The molecule has 1 nitrogen and oxygen atoms in total. The van der Waals surface area contributed by atoms with Crippen molar-refractivity contribution in [2.75, 3.05) is 6.61 Å². The molecule has 1 aromatic carbocycles. The minimum atomic E-state index is -1.53. The normalized spacial score (nSPS) is 11.8. The average Bonchev–Trinajstić information content (AvgIpc) is 2.46. The van der Waals surface area contributed by atoms with Gasteiger partial charge in [0.2, 0.25) is 0 Å². The Morgan fingerprint density at radius 3 is 2.00 bits per heavy atom. The molecule has 1 rings (SSSR count). The Bertz CT molecular complexity index is 348. The standard InChI is InChI=1S/C19H34OSi/c1-4-5-6-7-8-9-10-14-17-20-21(2,3)18-19-15-12-11-13-16-19/h11-13,15-16H,4-10,14,17-18H2,1-3H3. The van der Waals surface area contributed by atoms with E-state index in [2.05, 4.69) is 50.3 Å². The van der Waals surface area contributed by atoms with Crippen molar-refractivity contribution in [3.8, 4) is 0 Å². The van der Waals surface area contributed by atoms with Gasteiger partial charge in [-0.1, -0.05) is 82.2 Å². The Morgan fingerprint density at radius 2 is 1.38 bits per heavy atom. The van der Waals surface area contributed by atoms with E-state index in [1.807, 2.05) is 0 Å². The predicted octanol–water partition coefficient (Wildman–Crippen LogP) is 6.13.